The third-order valence-electron chi connectivity index (χ3n) is 5.63. The van der Waals surface area contributed by atoms with Crippen molar-refractivity contribution >= 4 is 5.97 Å². The van der Waals surface area contributed by atoms with Crippen LogP contribution in [0.2, 0.25) is 0 Å². The van der Waals surface area contributed by atoms with Gasteiger partial charge in [-0.25, -0.2) is 0 Å². The van der Waals surface area contributed by atoms with Crippen LogP contribution in [0.25, 0.3) is 0 Å². The number of ether oxygens (including phenoxy) is 1. The number of carbonyl (C=O) groups is 1. The average Bonchev–Trinajstić information content (AvgIpc) is 2.94. The predicted octanol–water partition coefficient (Wildman–Crippen LogP) is 3.58. The maximum atomic E-state index is 12.2. The van der Waals surface area contributed by atoms with Crippen LogP contribution < -0.4 is 0 Å². The highest BCUT2D eigenvalue weighted by molar-refractivity contribution is 5.69. The summed E-state index contributed by atoms with van der Waals surface area (Å²) in [6.07, 6.45) is 11.4. The van der Waals surface area contributed by atoms with Crippen LogP contribution in [0.1, 0.15) is 44.1 Å². The smallest absolute Gasteiger partial charge is 0.306 e. The summed E-state index contributed by atoms with van der Waals surface area (Å²) in [6, 6.07) is 10.2. The first-order valence-electron chi connectivity index (χ1n) is 10.1. The van der Waals surface area contributed by atoms with Crippen LogP contribution in [0.3, 0.4) is 0 Å². The molecule has 1 heterocycles. The fourth-order valence-corrected chi connectivity index (χ4v) is 4.07. The SMILES string of the molecule is O=C1CCC/C=C\C[C@@H]2[C@@H](/C=C\[C@H](CCc3ccccc3)O1)[C@H](O)C[C@@H]2O. The number of hydrogen-bond acceptors (Lipinski definition) is 4. The third kappa shape index (κ3) is 5.78. The highest BCUT2D eigenvalue weighted by Gasteiger charge is 2.39. The molecule has 4 heteroatoms. The largest absolute Gasteiger partial charge is 0.458 e. The summed E-state index contributed by atoms with van der Waals surface area (Å²) < 4.78 is 5.70. The molecule has 1 aliphatic heterocycles. The van der Waals surface area contributed by atoms with Gasteiger partial charge in [0.2, 0.25) is 0 Å². The van der Waals surface area contributed by atoms with Crippen molar-refractivity contribution in [3.8, 4) is 0 Å². The molecule has 0 saturated heterocycles. The lowest BCUT2D eigenvalue weighted by Gasteiger charge is -2.20. The quantitative estimate of drug-likeness (QED) is 0.630. The molecule has 27 heavy (non-hydrogen) atoms. The van der Waals surface area contributed by atoms with Gasteiger partial charge in [0.05, 0.1) is 12.2 Å². The standard InChI is InChI=1S/C23H30O4/c24-21-16-22(25)20-15-14-18(13-12-17-8-4-3-5-9-17)27-23(26)11-7-2-1-6-10-19(20)21/h1,3-6,8-9,14-15,18-22,24-25H,2,7,10-13,16H2/b6-1-,15-14-/t18-,19+,20+,21-,22+/m0/s1. The Bertz CT molecular complexity index is 652. The van der Waals surface area contributed by atoms with E-state index < -0.39 is 12.2 Å². The topological polar surface area (TPSA) is 66.8 Å². The first-order valence-corrected chi connectivity index (χ1v) is 10.1. The number of aliphatic hydroxyl groups is 2. The van der Waals surface area contributed by atoms with E-state index in [0.717, 1.165) is 25.7 Å². The highest BCUT2D eigenvalue weighted by Crippen LogP contribution is 2.36. The molecule has 3 rings (SSSR count). The molecule has 0 amide bonds. The van der Waals surface area contributed by atoms with Gasteiger partial charge in [-0.2, -0.15) is 0 Å². The van der Waals surface area contributed by atoms with Gasteiger partial charge >= 0.3 is 5.97 Å². The molecular weight excluding hydrogens is 340 g/mol. The average molecular weight is 370 g/mol. The second-order valence-corrected chi connectivity index (χ2v) is 7.65. The van der Waals surface area contributed by atoms with Crippen molar-refractivity contribution in [3.05, 3.63) is 60.2 Å². The van der Waals surface area contributed by atoms with Gasteiger partial charge in [-0.05, 0) is 49.7 Å². The van der Waals surface area contributed by atoms with Gasteiger partial charge < -0.3 is 14.9 Å². The molecule has 0 radical (unpaired) electrons. The zero-order valence-electron chi connectivity index (χ0n) is 15.7. The number of fused-ring (bicyclic) bond motifs is 1. The number of hydrogen-bond donors (Lipinski definition) is 2. The van der Waals surface area contributed by atoms with Gasteiger partial charge in [-0.1, -0.05) is 48.6 Å². The Labute approximate surface area is 161 Å². The minimum Gasteiger partial charge on any atom is -0.458 e. The van der Waals surface area contributed by atoms with Gasteiger partial charge in [-0.15, -0.1) is 0 Å². The van der Waals surface area contributed by atoms with Crippen LogP contribution in [0.15, 0.2) is 54.6 Å². The third-order valence-corrected chi connectivity index (χ3v) is 5.63. The summed E-state index contributed by atoms with van der Waals surface area (Å²) in [5.41, 5.74) is 1.21. The van der Waals surface area contributed by atoms with Crippen molar-refractivity contribution in [2.75, 3.05) is 0 Å². The van der Waals surface area contributed by atoms with Crippen molar-refractivity contribution in [2.24, 2.45) is 11.8 Å². The number of aliphatic hydroxyl groups excluding tert-OH is 2. The summed E-state index contributed by atoms with van der Waals surface area (Å²) in [7, 11) is 0. The molecule has 1 fully saturated rings. The zero-order valence-corrected chi connectivity index (χ0v) is 15.7. The second kappa shape index (κ2) is 9.86. The van der Waals surface area contributed by atoms with Crippen molar-refractivity contribution in [3.63, 3.8) is 0 Å². The molecule has 5 atom stereocenters. The number of carbonyl (C=O) groups excluding carboxylic acids is 1. The van der Waals surface area contributed by atoms with E-state index in [9.17, 15) is 15.0 Å². The molecular formula is C23H30O4. The first kappa shape index (κ1) is 19.8. The van der Waals surface area contributed by atoms with Crippen LogP contribution in [0.4, 0.5) is 0 Å². The molecule has 1 aliphatic carbocycles. The number of rotatable bonds is 3. The van der Waals surface area contributed by atoms with Crippen LogP contribution in [0.5, 0.6) is 0 Å². The fourth-order valence-electron chi connectivity index (χ4n) is 4.07. The van der Waals surface area contributed by atoms with Crippen molar-refractivity contribution in [1.29, 1.82) is 0 Å². The van der Waals surface area contributed by atoms with Gasteiger partial charge in [0.1, 0.15) is 6.10 Å². The molecule has 2 aliphatic rings. The highest BCUT2D eigenvalue weighted by atomic mass is 16.5. The lowest BCUT2D eigenvalue weighted by atomic mass is 9.89. The predicted molar refractivity (Wildman–Crippen MR) is 105 cm³/mol. The molecule has 2 N–H and O–H groups in total. The van der Waals surface area contributed by atoms with E-state index in [0.29, 0.717) is 19.3 Å². The van der Waals surface area contributed by atoms with E-state index >= 15 is 0 Å². The summed E-state index contributed by atoms with van der Waals surface area (Å²) >= 11 is 0. The maximum absolute atomic E-state index is 12.2. The molecule has 0 spiro atoms. The van der Waals surface area contributed by atoms with Crippen LogP contribution in [-0.2, 0) is 16.0 Å². The summed E-state index contributed by atoms with van der Waals surface area (Å²) in [5.74, 6) is -0.268. The Morgan fingerprint density at radius 1 is 1.04 bits per heavy atom. The monoisotopic (exact) mass is 370 g/mol. The Balaban J connectivity index is 1.73. The molecule has 1 aromatic rings. The maximum Gasteiger partial charge on any atom is 0.306 e. The molecule has 0 bridgehead atoms. The van der Waals surface area contributed by atoms with Gasteiger partial charge in [0, 0.05) is 18.8 Å². The molecule has 1 aromatic carbocycles. The van der Waals surface area contributed by atoms with Gasteiger partial charge in [0.25, 0.3) is 0 Å². The Morgan fingerprint density at radius 2 is 1.85 bits per heavy atom. The van der Waals surface area contributed by atoms with E-state index in [-0.39, 0.29) is 23.9 Å². The lowest BCUT2D eigenvalue weighted by molar-refractivity contribution is -0.147. The normalized spacial score (nSPS) is 34.4. The van der Waals surface area contributed by atoms with Crippen LogP contribution in [0, 0.1) is 11.8 Å². The summed E-state index contributed by atoms with van der Waals surface area (Å²) in [5, 5.41) is 20.7. The molecule has 4 nitrogen and oxygen atoms in total. The van der Waals surface area contributed by atoms with E-state index in [4.69, 9.17) is 4.74 Å². The van der Waals surface area contributed by atoms with Crippen molar-refractivity contribution < 1.29 is 19.7 Å². The van der Waals surface area contributed by atoms with E-state index in [2.05, 4.69) is 24.3 Å². The number of benzene rings is 1. The van der Waals surface area contributed by atoms with E-state index in [1.54, 1.807) is 0 Å². The van der Waals surface area contributed by atoms with Crippen molar-refractivity contribution in [1.82, 2.24) is 0 Å². The molecule has 0 unspecified atom stereocenters. The number of esters is 1. The Morgan fingerprint density at radius 3 is 2.67 bits per heavy atom. The van der Waals surface area contributed by atoms with Gasteiger partial charge in [0.15, 0.2) is 0 Å². The Hall–Kier alpha value is -1.91. The summed E-state index contributed by atoms with van der Waals surface area (Å²) in [6.45, 7) is 0. The minimum atomic E-state index is -0.551. The number of cyclic esters (lactones) is 1. The van der Waals surface area contributed by atoms with Gasteiger partial charge in [-0.3, -0.25) is 4.79 Å². The first-order chi connectivity index (χ1) is 13.1. The minimum absolute atomic E-state index is 0.0127. The fraction of sp³-hybridized carbons (Fsp3) is 0.522. The number of aryl methyl sites for hydroxylation is 1. The Kier molecular flexibility index (Phi) is 7.25. The molecule has 1 saturated carbocycles. The molecule has 0 aromatic heterocycles. The molecule has 146 valence electrons. The van der Waals surface area contributed by atoms with Crippen LogP contribution in [-0.4, -0.2) is 34.5 Å². The van der Waals surface area contributed by atoms with E-state index in [1.165, 1.54) is 5.56 Å². The van der Waals surface area contributed by atoms with E-state index in [1.807, 2.05) is 30.4 Å². The number of allylic oxidation sites excluding steroid dienone is 2. The summed E-state index contributed by atoms with van der Waals surface area (Å²) in [4.78, 5) is 12.2. The second-order valence-electron chi connectivity index (χ2n) is 7.65. The van der Waals surface area contributed by atoms with Crippen molar-refractivity contribution in [2.45, 2.75) is 63.3 Å². The zero-order chi connectivity index (χ0) is 19.1. The lowest BCUT2D eigenvalue weighted by Crippen LogP contribution is -2.21. The van der Waals surface area contributed by atoms with Crippen LogP contribution >= 0.6 is 0 Å².